The van der Waals surface area contributed by atoms with Crippen molar-refractivity contribution in [2.75, 3.05) is 9.80 Å². The van der Waals surface area contributed by atoms with Gasteiger partial charge in [-0.3, -0.25) is 9.59 Å². The Kier molecular flexibility index (Phi) is 5.39. The SMILES string of the molecule is CC(=O)N(c1ccccc1)C1CC(C)N(C(=O)c2ccco2)c2c(Cl)cc(C)cc21. The molecule has 0 bridgehead atoms. The number of nitrogens with zero attached hydrogens (tertiary/aromatic N) is 2. The van der Waals surface area contributed by atoms with Gasteiger partial charge >= 0.3 is 0 Å². The number of hydrogen-bond acceptors (Lipinski definition) is 3. The third-order valence-corrected chi connectivity index (χ3v) is 5.77. The first-order valence-electron chi connectivity index (χ1n) is 9.90. The highest BCUT2D eigenvalue weighted by Gasteiger charge is 2.40. The lowest BCUT2D eigenvalue weighted by Crippen LogP contribution is -2.47. The molecule has 2 aromatic carbocycles. The predicted molar refractivity (Wildman–Crippen MR) is 118 cm³/mol. The molecule has 1 aliphatic rings. The monoisotopic (exact) mass is 422 g/mol. The van der Waals surface area contributed by atoms with Crippen molar-refractivity contribution in [3.05, 3.63) is 82.8 Å². The second-order valence-electron chi connectivity index (χ2n) is 7.66. The van der Waals surface area contributed by atoms with Crippen molar-refractivity contribution < 1.29 is 14.0 Å². The molecule has 4 rings (SSSR count). The fourth-order valence-corrected chi connectivity index (χ4v) is 4.65. The lowest BCUT2D eigenvalue weighted by Gasteiger charge is -2.43. The Morgan fingerprint density at radius 1 is 1.13 bits per heavy atom. The standard InChI is InChI=1S/C24H23ClN2O3/c1-15-12-19-21(27(17(3)28)18-8-5-4-6-9-18)14-16(2)26(23(19)20(25)13-15)24(29)22-10-7-11-30-22/h4-13,16,21H,14H2,1-3H3. The van der Waals surface area contributed by atoms with E-state index in [0.29, 0.717) is 17.1 Å². The number of hydrogen-bond donors (Lipinski definition) is 0. The van der Waals surface area contributed by atoms with Crippen LogP contribution in [0.1, 0.15) is 48.0 Å². The van der Waals surface area contributed by atoms with E-state index in [4.69, 9.17) is 16.0 Å². The third kappa shape index (κ3) is 3.50. The van der Waals surface area contributed by atoms with Gasteiger partial charge in [0.1, 0.15) is 0 Å². The molecule has 1 aromatic heterocycles. The molecule has 0 spiro atoms. The number of carbonyl (C=O) groups is 2. The molecule has 2 atom stereocenters. The molecule has 0 saturated carbocycles. The molecule has 0 fully saturated rings. The smallest absolute Gasteiger partial charge is 0.294 e. The highest BCUT2D eigenvalue weighted by Crippen LogP contribution is 2.46. The minimum absolute atomic E-state index is 0.0622. The fraction of sp³-hybridized carbons (Fsp3) is 0.250. The summed E-state index contributed by atoms with van der Waals surface area (Å²) in [5.41, 5.74) is 3.28. The van der Waals surface area contributed by atoms with Crippen molar-refractivity contribution in [1.82, 2.24) is 0 Å². The number of aryl methyl sites for hydroxylation is 1. The number of amides is 2. The summed E-state index contributed by atoms with van der Waals surface area (Å²) in [6.07, 6.45) is 2.06. The molecular formula is C24H23ClN2O3. The van der Waals surface area contributed by atoms with Crippen molar-refractivity contribution in [2.24, 2.45) is 0 Å². The van der Waals surface area contributed by atoms with E-state index in [-0.39, 0.29) is 29.7 Å². The van der Waals surface area contributed by atoms with Crippen molar-refractivity contribution in [3.63, 3.8) is 0 Å². The van der Waals surface area contributed by atoms with E-state index >= 15 is 0 Å². The number of para-hydroxylation sites is 1. The molecule has 5 nitrogen and oxygen atoms in total. The summed E-state index contributed by atoms with van der Waals surface area (Å²) in [7, 11) is 0. The van der Waals surface area contributed by atoms with Crippen LogP contribution in [0.25, 0.3) is 0 Å². The van der Waals surface area contributed by atoms with Crippen molar-refractivity contribution in [3.8, 4) is 0 Å². The Hall–Kier alpha value is -3.05. The molecule has 1 aliphatic heterocycles. The predicted octanol–water partition coefficient (Wildman–Crippen LogP) is 5.77. The summed E-state index contributed by atoms with van der Waals surface area (Å²) < 4.78 is 5.36. The number of anilines is 2. The van der Waals surface area contributed by atoms with Gasteiger partial charge in [0.2, 0.25) is 5.91 Å². The summed E-state index contributed by atoms with van der Waals surface area (Å²) in [6.45, 7) is 5.49. The molecule has 2 unspecified atom stereocenters. The number of fused-ring (bicyclic) bond motifs is 1. The molecule has 6 heteroatoms. The summed E-state index contributed by atoms with van der Waals surface area (Å²) in [6, 6.07) is 16.3. The van der Waals surface area contributed by atoms with Crippen LogP contribution >= 0.6 is 11.6 Å². The first kappa shape index (κ1) is 20.2. The highest BCUT2D eigenvalue weighted by molar-refractivity contribution is 6.34. The number of halogens is 1. The molecule has 0 aliphatic carbocycles. The molecule has 2 heterocycles. The van der Waals surface area contributed by atoms with Gasteiger partial charge in [-0.15, -0.1) is 0 Å². The molecule has 3 aromatic rings. The summed E-state index contributed by atoms with van der Waals surface area (Å²) >= 11 is 6.68. The summed E-state index contributed by atoms with van der Waals surface area (Å²) in [4.78, 5) is 29.5. The van der Waals surface area contributed by atoms with Crippen LogP contribution in [0.4, 0.5) is 11.4 Å². The number of furan rings is 1. The van der Waals surface area contributed by atoms with E-state index in [1.165, 1.54) is 6.26 Å². The van der Waals surface area contributed by atoms with Gasteiger partial charge in [0.05, 0.1) is 23.0 Å². The van der Waals surface area contributed by atoms with Crippen LogP contribution in [0.5, 0.6) is 0 Å². The third-order valence-electron chi connectivity index (χ3n) is 5.48. The molecule has 154 valence electrons. The van der Waals surface area contributed by atoms with Gasteiger partial charge in [-0.05, 0) is 56.2 Å². The number of benzene rings is 2. The van der Waals surface area contributed by atoms with Crippen LogP contribution in [0, 0.1) is 6.92 Å². The van der Waals surface area contributed by atoms with Crippen LogP contribution in [0.2, 0.25) is 5.02 Å². The lowest BCUT2D eigenvalue weighted by molar-refractivity contribution is -0.117. The Bertz CT molecular complexity index is 1080. The Morgan fingerprint density at radius 3 is 2.50 bits per heavy atom. The van der Waals surface area contributed by atoms with Gasteiger partial charge in [-0.25, -0.2) is 0 Å². The van der Waals surface area contributed by atoms with E-state index in [1.54, 1.807) is 28.9 Å². The second-order valence-corrected chi connectivity index (χ2v) is 8.07. The normalized spacial score (nSPS) is 18.1. The molecule has 0 saturated heterocycles. The molecular weight excluding hydrogens is 400 g/mol. The van der Waals surface area contributed by atoms with Crippen molar-refractivity contribution in [1.29, 1.82) is 0 Å². The number of rotatable bonds is 3. The minimum Gasteiger partial charge on any atom is -0.459 e. The van der Waals surface area contributed by atoms with Gasteiger partial charge in [0, 0.05) is 24.2 Å². The van der Waals surface area contributed by atoms with Crippen molar-refractivity contribution >= 4 is 34.8 Å². The lowest BCUT2D eigenvalue weighted by atomic mass is 9.88. The molecule has 0 radical (unpaired) electrons. The first-order chi connectivity index (χ1) is 14.4. The van der Waals surface area contributed by atoms with Gasteiger partial charge in [-0.1, -0.05) is 35.9 Å². The van der Waals surface area contributed by atoms with Crippen LogP contribution < -0.4 is 9.80 Å². The average Bonchev–Trinajstić information content (AvgIpc) is 3.24. The summed E-state index contributed by atoms with van der Waals surface area (Å²) in [5.74, 6) is -0.0470. The molecule has 30 heavy (non-hydrogen) atoms. The van der Waals surface area contributed by atoms with E-state index in [0.717, 1.165) is 16.8 Å². The van der Waals surface area contributed by atoms with Crippen molar-refractivity contribution in [2.45, 2.75) is 39.3 Å². The fourth-order valence-electron chi connectivity index (χ4n) is 4.28. The van der Waals surface area contributed by atoms with E-state index in [1.807, 2.05) is 56.3 Å². The van der Waals surface area contributed by atoms with Gasteiger partial charge in [-0.2, -0.15) is 0 Å². The van der Waals surface area contributed by atoms with E-state index in [2.05, 4.69) is 0 Å². The topological polar surface area (TPSA) is 53.8 Å². The largest absolute Gasteiger partial charge is 0.459 e. The van der Waals surface area contributed by atoms with Gasteiger partial charge < -0.3 is 14.2 Å². The minimum atomic E-state index is -0.243. The summed E-state index contributed by atoms with van der Waals surface area (Å²) in [5, 5.41) is 0.484. The van der Waals surface area contributed by atoms with Crippen LogP contribution in [-0.2, 0) is 4.79 Å². The van der Waals surface area contributed by atoms with Crippen LogP contribution in [0.3, 0.4) is 0 Å². The van der Waals surface area contributed by atoms with Crippen LogP contribution in [0.15, 0.2) is 65.3 Å². The average molecular weight is 423 g/mol. The zero-order valence-corrected chi connectivity index (χ0v) is 17.9. The maximum absolute atomic E-state index is 13.2. The number of carbonyl (C=O) groups excluding carboxylic acids is 2. The Balaban J connectivity index is 1.88. The highest BCUT2D eigenvalue weighted by atomic mass is 35.5. The Labute approximate surface area is 180 Å². The maximum atomic E-state index is 13.2. The second kappa shape index (κ2) is 8.00. The molecule has 0 N–H and O–H groups in total. The molecule has 2 amide bonds. The maximum Gasteiger partial charge on any atom is 0.294 e. The quantitative estimate of drug-likeness (QED) is 0.538. The van der Waals surface area contributed by atoms with Crippen LogP contribution in [-0.4, -0.2) is 17.9 Å². The zero-order valence-electron chi connectivity index (χ0n) is 17.1. The van der Waals surface area contributed by atoms with E-state index < -0.39 is 0 Å². The zero-order chi connectivity index (χ0) is 21.4. The first-order valence-corrected chi connectivity index (χ1v) is 10.3. The van der Waals surface area contributed by atoms with Gasteiger partial charge in [0.25, 0.3) is 5.91 Å². The van der Waals surface area contributed by atoms with Gasteiger partial charge in [0.15, 0.2) is 5.76 Å². The Morgan fingerprint density at radius 2 is 1.87 bits per heavy atom. The van der Waals surface area contributed by atoms with E-state index in [9.17, 15) is 9.59 Å².